The summed E-state index contributed by atoms with van der Waals surface area (Å²) >= 11 is 1.80. The molecule has 2 rings (SSSR count). The van der Waals surface area contributed by atoms with E-state index < -0.39 is 0 Å². The van der Waals surface area contributed by atoms with Crippen LogP contribution in [0.5, 0.6) is 0 Å². The van der Waals surface area contributed by atoms with E-state index in [-0.39, 0.29) is 0 Å². The van der Waals surface area contributed by atoms with Crippen LogP contribution in [-0.2, 0) is 0 Å². The first-order valence-corrected chi connectivity index (χ1v) is 8.95. The molecule has 114 valence electrons. The number of nitrogens with one attached hydrogen (secondary N) is 1. The third-order valence-corrected chi connectivity index (χ3v) is 5.67. The predicted molar refractivity (Wildman–Crippen MR) is 87.2 cm³/mol. The van der Waals surface area contributed by atoms with E-state index >= 15 is 0 Å². The van der Waals surface area contributed by atoms with Crippen LogP contribution < -0.4 is 5.32 Å². The van der Waals surface area contributed by atoms with Gasteiger partial charge in [-0.1, -0.05) is 20.8 Å². The normalized spacial score (nSPS) is 29.5. The number of piperidine rings is 1. The Labute approximate surface area is 127 Å². The van der Waals surface area contributed by atoms with E-state index in [9.17, 15) is 0 Å². The molecular weight excluding hydrogens is 266 g/mol. The number of hydrogen-bond donors (Lipinski definition) is 1. The van der Waals surface area contributed by atoms with Crippen molar-refractivity contribution in [2.45, 2.75) is 65.1 Å². The largest absolute Gasteiger partial charge is 0.314 e. The summed E-state index contributed by atoms with van der Waals surface area (Å²) in [5.74, 6) is 0.698. The molecule has 4 unspecified atom stereocenters. The lowest BCUT2D eigenvalue weighted by atomic mass is 9.85. The molecule has 0 spiro atoms. The Morgan fingerprint density at radius 2 is 2.25 bits per heavy atom. The second kappa shape index (κ2) is 7.53. The van der Waals surface area contributed by atoms with Gasteiger partial charge in [0.15, 0.2) is 0 Å². The van der Waals surface area contributed by atoms with Crippen LogP contribution in [0, 0.1) is 5.92 Å². The van der Waals surface area contributed by atoms with Crippen molar-refractivity contribution in [2.24, 2.45) is 5.92 Å². The van der Waals surface area contributed by atoms with Gasteiger partial charge in [0.05, 0.1) is 6.04 Å². The number of thiazole rings is 1. The third-order valence-electron chi connectivity index (χ3n) is 4.80. The topological polar surface area (TPSA) is 28.2 Å². The zero-order valence-corrected chi connectivity index (χ0v) is 14.1. The van der Waals surface area contributed by atoms with Gasteiger partial charge >= 0.3 is 0 Å². The third kappa shape index (κ3) is 3.41. The minimum absolute atomic E-state index is 0.500. The maximum Gasteiger partial charge on any atom is 0.110 e. The number of rotatable bonds is 6. The average Bonchev–Trinajstić information content (AvgIpc) is 2.97. The minimum atomic E-state index is 0.500. The quantitative estimate of drug-likeness (QED) is 0.867. The lowest BCUT2D eigenvalue weighted by Crippen LogP contribution is -2.54. The summed E-state index contributed by atoms with van der Waals surface area (Å²) in [7, 11) is 0. The minimum Gasteiger partial charge on any atom is -0.314 e. The second-order valence-corrected chi connectivity index (χ2v) is 6.91. The van der Waals surface area contributed by atoms with Crippen molar-refractivity contribution in [2.75, 3.05) is 13.1 Å². The van der Waals surface area contributed by atoms with E-state index in [1.165, 1.54) is 24.4 Å². The molecule has 1 saturated heterocycles. The molecular formula is C16H29N3S. The fourth-order valence-electron chi connectivity index (χ4n) is 3.40. The Morgan fingerprint density at radius 1 is 1.45 bits per heavy atom. The molecule has 0 aromatic carbocycles. The second-order valence-electron chi connectivity index (χ2n) is 5.98. The van der Waals surface area contributed by atoms with Crippen LogP contribution in [0.25, 0.3) is 0 Å². The number of aromatic nitrogens is 1. The predicted octanol–water partition coefficient (Wildman–Crippen LogP) is 3.69. The fourth-order valence-corrected chi connectivity index (χ4v) is 4.24. The van der Waals surface area contributed by atoms with Gasteiger partial charge in [-0.2, -0.15) is 0 Å². The van der Waals surface area contributed by atoms with Gasteiger partial charge < -0.3 is 5.32 Å². The summed E-state index contributed by atoms with van der Waals surface area (Å²) in [5.41, 5.74) is 0. The summed E-state index contributed by atoms with van der Waals surface area (Å²) in [6, 6.07) is 1.79. The molecule has 1 N–H and O–H groups in total. The van der Waals surface area contributed by atoms with Gasteiger partial charge in [-0.25, -0.2) is 4.98 Å². The molecule has 20 heavy (non-hydrogen) atoms. The van der Waals surface area contributed by atoms with Gasteiger partial charge in [0.25, 0.3) is 0 Å². The Bertz CT molecular complexity index is 379. The first kappa shape index (κ1) is 15.9. The summed E-state index contributed by atoms with van der Waals surface area (Å²) < 4.78 is 0. The van der Waals surface area contributed by atoms with Gasteiger partial charge in [-0.3, -0.25) is 4.90 Å². The Morgan fingerprint density at radius 3 is 2.85 bits per heavy atom. The monoisotopic (exact) mass is 295 g/mol. The molecule has 0 amide bonds. The van der Waals surface area contributed by atoms with Crippen LogP contribution >= 0.6 is 11.3 Å². The summed E-state index contributed by atoms with van der Waals surface area (Å²) in [6.07, 6.45) is 5.56. The molecule has 1 fully saturated rings. The molecule has 1 aliphatic heterocycles. The summed E-state index contributed by atoms with van der Waals surface area (Å²) in [5, 5.41) is 7.11. The van der Waals surface area contributed by atoms with Crippen molar-refractivity contribution in [1.82, 2.24) is 15.2 Å². The number of hydrogen-bond acceptors (Lipinski definition) is 4. The van der Waals surface area contributed by atoms with Gasteiger partial charge in [-0.05, 0) is 38.6 Å². The van der Waals surface area contributed by atoms with Crippen LogP contribution in [0.3, 0.4) is 0 Å². The fraction of sp³-hybridized carbons (Fsp3) is 0.812. The highest BCUT2D eigenvalue weighted by Gasteiger charge is 2.36. The van der Waals surface area contributed by atoms with E-state index in [2.05, 4.69) is 48.3 Å². The van der Waals surface area contributed by atoms with Gasteiger partial charge in [0, 0.05) is 30.2 Å². The smallest absolute Gasteiger partial charge is 0.110 e. The van der Waals surface area contributed by atoms with Crippen molar-refractivity contribution < 1.29 is 0 Å². The van der Waals surface area contributed by atoms with Crippen LogP contribution in [-0.4, -0.2) is 35.1 Å². The highest BCUT2D eigenvalue weighted by atomic mass is 32.1. The lowest BCUT2D eigenvalue weighted by Gasteiger charge is -2.46. The Kier molecular flexibility index (Phi) is 6.00. The van der Waals surface area contributed by atoms with Gasteiger partial charge in [-0.15, -0.1) is 11.3 Å². The van der Waals surface area contributed by atoms with E-state index in [1.807, 2.05) is 6.20 Å². The standard InChI is InChI=1S/C16H29N3S/c1-5-8-17-14-7-10-19(13(4)12(14)3)15(6-2)16-18-9-11-20-16/h9,11-15,17H,5-8,10H2,1-4H3. The van der Waals surface area contributed by atoms with E-state index in [0.29, 0.717) is 24.0 Å². The zero-order chi connectivity index (χ0) is 14.5. The van der Waals surface area contributed by atoms with Gasteiger partial charge in [0.1, 0.15) is 5.01 Å². The van der Waals surface area contributed by atoms with Gasteiger partial charge in [0.2, 0.25) is 0 Å². The number of nitrogens with zero attached hydrogens (tertiary/aromatic N) is 2. The van der Waals surface area contributed by atoms with Crippen molar-refractivity contribution >= 4 is 11.3 Å². The number of likely N-dealkylation sites (tertiary alicyclic amines) is 1. The van der Waals surface area contributed by atoms with Crippen LogP contribution in [0.4, 0.5) is 0 Å². The summed E-state index contributed by atoms with van der Waals surface area (Å²) in [4.78, 5) is 7.23. The molecule has 3 nitrogen and oxygen atoms in total. The molecule has 1 aliphatic rings. The molecule has 0 bridgehead atoms. The van der Waals surface area contributed by atoms with E-state index in [1.54, 1.807) is 11.3 Å². The maximum atomic E-state index is 4.55. The molecule has 0 aliphatic carbocycles. The van der Waals surface area contributed by atoms with E-state index in [0.717, 1.165) is 13.0 Å². The highest BCUT2D eigenvalue weighted by molar-refractivity contribution is 7.09. The molecule has 4 atom stereocenters. The van der Waals surface area contributed by atoms with Crippen molar-refractivity contribution in [1.29, 1.82) is 0 Å². The SMILES string of the molecule is CCCNC1CCN(C(CC)c2nccs2)C(C)C1C. The Hall–Kier alpha value is -0.450. The maximum absolute atomic E-state index is 4.55. The molecule has 4 heteroatoms. The lowest BCUT2D eigenvalue weighted by molar-refractivity contribution is 0.0442. The molecule has 0 saturated carbocycles. The first-order chi connectivity index (χ1) is 9.69. The zero-order valence-electron chi connectivity index (χ0n) is 13.3. The summed E-state index contributed by atoms with van der Waals surface area (Å²) in [6.45, 7) is 11.6. The van der Waals surface area contributed by atoms with Crippen molar-refractivity contribution in [3.8, 4) is 0 Å². The van der Waals surface area contributed by atoms with Crippen LogP contribution in [0.1, 0.15) is 58.0 Å². The average molecular weight is 295 g/mol. The van der Waals surface area contributed by atoms with Crippen molar-refractivity contribution in [3.63, 3.8) is 0 Å². The molecule has 1 aromatic heterocycles. The first-order valence-electron chi connectivity index (χ1n) is 8.07. The molecule has 1 aromatic rings. The van der Waals surface area contributed by atoms with E-state index in [4.69, 9.17) is 0 Å². The van der Waals surface area contributed by atoms with Crippen LogP contribution in [0.15, 0.2) is 11.6 Å². The van der Waals surface area contributed by atoms with Crippen LogP contribution in [0.2, 0.25) is 0 Å². The highest BCUT2D eigenvalue weighted by Crippen LogP contribution is 2.34. The molecule has 0 radical (unpaired) electrons. The Balaban J connectivity index is 2.03. The van der Waals surface area contributed by atoms with Crippen molar-refractivity contribution in [3.05, 3.63) is 16.6 Å². The molecule has 2 heterocycles.